The van der Waals surface area contributed by atoms with E-state index in [1.807, 2.05) is 0 Å². The second-order valence-electron chi connectivity index (χ2n) is 4.56. The quantitative estimate of drug-likeness (QED) is 0.813. The van der Waals surface area contributed by atoms with Crippen LogP contribution in [0.1, 0.15) is 5.56 Å². The topological polar surface area (TPSA) is 92.9 Å². The van der Waals surface area contributed by atoms with E-state index in [4.69, 9.17) is 27.2 Å². The summed E-state index contributed by atoms with van der Waals surface area (Å²) in [6.45, 7) is 1.13. The Morgan fingerprint density at radius 2 is 2.24 bits per heavy atom. The van der Waals surface area contributed by atoms with Gasteiger partial charge in [-0.15, -0.1) is 0 Å². The Bertz CT molecular complexity index is 588. The Labute approximate surface area is 126 Å². The molecule has 1 saturated heterocycles. The lowest BCUT2D eigenvalue weighted by atomic mass is 10.1. The lowest BCUT2D eigenvalue weighted by Crippen LogP contribution is -2.52. The highest BCUT2D eigenvalue weighted by Gasteiger charge is 2.29. The van der Waals surface area contributed by atoms with Gasteiger partial charge in [0.2, 0.25) is 5.91 Å². The minimum Gasteiger partial charge on any atom is -0.478 e. The number of benzene rings is 1. The van der Waals surface area contributed by atoms with Crippen LogP contribution in [-0.4, -0.2) is 42.8 Å². The zero-order valence-electron chi connectivity index (χ0n) is 11.2. The van der Waals surface area contributed by atoms with Gasteiger partial charge in [-0.3, -0.25) is 4.79 Å². The fraction of sp³-hybridized carbons (Fsp3) is 0.286. The van der Waals surface area contributed by atoms with Crippen LogP contribution in [-0.2, 0) is 14.3 Å². The van der Waals surface area contributed by atoms with Crippen molar-refractivity contribution in [3.63, 3.8) is 0 Å². The highest BCUT2D eigenvalue weighted by Crippen LogP contribution is 2.29. The van der Waals surface area contributed by atoms with E-state index in [1.54, 1.807) is 23.1 Å². The maximum Gasteiger partial charge on any atom is 0.328 e. The summed E-state index contributed by atoms with van der Waals surface area (Å²) in [5, 5.41) is 9.24. The summed E-state index contributed by atoms with van der Waals surface area (Å²) in [5.74, 6) is -1.55. The second kappa shape index (κ2) is 6.60. The number of carbonyl (C=O) groups is 2. The van der Waals surface area contributed by atoms with E-state index < -0.39 is 17.9 Å². The third kappa shape index (κ3) is 3.74. The first-order valence-electron chi connectivity index (χ1n) is 6.33. The summed E-state index contributed by atoms with van der Waals surface area (Å²) in [6, 6.07) is 4.44. The number of nitrogens with zero attached hydrogens (tertiary/aromatic N) is 1. The number of carboxylic acids is 1. The lowest BCUT2D eigenvalue weighted by Gasteiger charge is -2.36. The van der Waals surface area contributed by atoms with Gasteiger partial charge in [0, 0.05) is 23.3 Å². The fourth-order valence-electron chi connectivity index (χ4n) is 2.20. The number of aliphatic carboxylic acids is 1. The molecule has 1 amide bonds. The molecule has 0 radical (unpaired) electrons. The van der Waals surface area contributed by atoms with E-state index in [9.17, 15) is 9.59 Å². The van der Waals surface area contributed by atoms with E-state index in [2.05, 4.69) is 0 Å². The molecular formula is C14H15ClN2O4. The van der Waals surface area contributed by atoms with Crippen LogP contribution in [0, 0.1) is 0 Å². The molecular weight excluding hydrogens is 296 g/mol. The summed E-state index contributed by atoms with van der Waals surface area (Å²) in [7, 11) is 0. The predicted molar refractivity (Wildman–Crippen MR) is 79.3 cm³/mol. The Balaban J connectivity index is 2.42. The number of morpholine rings is 1. The molecule has 1 heterocycles. The third-order valence-electron chi connectivity index (χ3n) is 3.16. The van der Waals surface area contributed by atoms with Crippen molar-refractivity contribution in [2.24, 2.45) is 5.73 Å². The molecule has 1 aromatic carbocycles. The van der Waals surface area contributed by atoms with Crippen LogP contribution in [0.15, 0.2) is 24.3 Å². The zero-order valence-corrected chi connectivity index (χ0v) is 11.9. The van der Waals surface area contributed by atoms with Crippen LogP contribution in [0.25, 0.3) is 6.08 Å². The lowest BCUT2D eigenvalue weighted by molar-refractivity contribution is -0.131. The molecule has 1 fully saturated rings. The molecule has 3 N–H and O–H groups in total. The van der Waals surface area contributed by atoms with Gasteiger partial charge >= 0.3 is 5.97 Å². The Morgan fingerprint density at radius 3 is 2.90 bits per heavy atom. The van der Waals surface area contributed by atoms with Crippen LogP contribution < -0.4 is 10.6 Å². The number of rotatable bonds is 4. The first-order chi connectivity index (χ1) is 9.99. The molecule has 0 aliphatic carbocycles. The van der Waals surface area contributed by atoms with Crippen molar-refractivity contribution in [3.05, 3.63) is 34.9 Å². The van der Waals surface area contributed by atoms with Crippen LogP contribution in [0.2, 0.25) is 5.02 Å². The van der Waals surface area contributed by atoms with E-state index >= 15 is 0 Å². The van der Waals surface area contributed by atoms with E-state index in [1.165, 1.54) is 6.08 Å². The number of ether oxygens (including phenoxy) is 1. The summed E-state index contributed by atoms with van der Waals surface area (Å²) in [5.41, 5.74) is 6.71. The number of amides is 1. The Hall–Kier alpha value is -2.05. The van der Waals surface area contributed by atoms with Crippen LogP contribution in [0.5, 0.6) is 0 Å². The number of hydrogen-bond acceptors (Lipinski definition) is 4. The molecule has 2 rings (SSSR count). The highest BCUT2D eigenvalue weighted by molar-refractivity contribution is 6.31. The molecule has 1 aliphatic rings. The molecule has 1 atom stereocenters. The zero-order chi connectivity index (χ0) is 15.4. The predicted octanol–water partition coefficient (Wildman–Crippen LogP) is 1.13. The normalized spacial score (nSPS) is 18.9. The van der Waals surface area contributed by atoms with Gasteiger partial charge in [-0.2, -0.15) is 0 Å². The summed E-state index contributed by atoms with van der Waals surface area (Å²) in [6.07, 6.45) is 2.49. The van der Waals surface area contributed by atoms with E-state index in [0.717, 1.165) is 6.08 Å². The smallest absolute Gasteiger partial charge is 0.328 e. The highest BCUT2D eigenvalue weighted by atomic mass is 35.5. The van der Waals surface area contributed by atoms with Gasteiger partial charge in [0.1, 0.15) is 6.04 Å². The third-order valence-corrected chi connectivity index (χ3v) is 3.40. The molecule has 1 aromatic rings. The maximum absolute atomic E-state index is 11.6. The van der Waals surface area contributed by atoms with Crippen molar-refractivity contribution in [3.8, 4) is 0 Å². The number of hydrogen-bond donors (Lipinski definition) is 2. The van der Waals surface area contributed by atoms with Gasteiger partial charge in [0.05, 0.1) is 13.2 Å². The SMILES string of the molecule is NC(=O)C1COCCN1c1cc(Cl)ccc1/C=C/C(=O)O. The number of carboxylic acid groups (broad SMARTS) is 1. The molecule has 7 heteroatoms. The van der Waals surface area contributed by atoms with E-state index in [-0.39, 0.29) is 6.61 Å². The van der Waals surface area contributed by atoms with Crippen LogP contribution >= 0.6 is 11.6 Å². The molecule has 0 aromatic heterocycles. The molecule has 112 valence electrons. The molecule has 0 spiro atoms. The second-order valence-corrected chi connectivity index (χ2v) is 5.00. The molecule has 6 nitrogen and oxygen atoms in total. The van der Waals surface area contributed by atoms with Crippen molar-refractivity contribution in [1.82, 2.24) is 0 Å². The molecule has 1 unspecified atom stereocenters. The van der Waals surface area contributed by atoms with Crippen molar-refractivity contribution in [2.45, 2.75) is 6.04 Å². The first-order valence-corrected chi connectivity index (χ1v) is 6.71. The van der Waals surface area contributed by atoms with Gasteiger partial charge in [-0.25, -0.2) is 4.79 Å². The van der Waals surface area contributed by atoms with Crippen molar-refractivity contribution < 1.29 is 19.4 Å². The van der Waals surface area contributed by atoms with Crippen molar-refractivity contribution in [2.75, 3.05) is 24.7 Å². The standard InChI is InChI=1S/C14H15ClN2O4/c15-10-3-1-9(2-4-13(18)19)11(7-10)17-5-6-21-8-12(17)14(16)20/h1-4,7,12H,5-6,8H2,(H2,16,20)(H,18,19)/b4-2+. The molecule has 21 heavy (non-hydrogen) atoms. The van der Waals surface area contributed by atoms with Gasteiger partial charge in [0.15, 0.2) is 0 Å². The average Bonchev–Trinajstić information content (AvgIpc) is 2.45. The Kier molecular flexibility index (Phi) is 4.82. The largest absolute Gasteiger partial charge is 0.478 e. The minimum atomic E-state index is -1.05. The molecule has 0 bridgehead atoms. The summed E-state index contributed by atoms with van der Waals surface area (Å²) >= 11 is 6.01. The first kappa shape index (κ1) is 15.3. The van der Waals surface area contributed by atoms with Crippen molar-refractivity contribution >= 4 is 35.2 Å². The van der Waals surface area contributed by atoms with Gasteiger partial charge in [-0.05, 0) is 23.8 Å². The maximum atomic E-state index is 11.6. The monoisotopic (exact) mass is 310 g/mol. The number of halogens is 1. The molecule has 1 aliphatic heterocycles. The fourth-order valence-corrected chi connectivity index (χ4v) is 2.36. The number of primary amides is 1. The van der Waals surface area contributed by atoms with Gasteiger partial charge in [-0.1, -0.05) is 17.7 Å². The van der Waals surface area contributed by atoms with Gasteiger partial charge < -0.3 is 20.5 Å². The number of carbonyl (C=O) groups excluding carboxylic acids is 1. The summed E-state index contributed by atoms with van der Waals surface area (Å²) in [4.78, 5) is 24.0. The molecule has 0 saturated carbocycles. The van der Waals surface area contributed by atoms with E-state index in [0.29, 0.717) is 29.4 Å². The van der Waals surface area contributed by atoms with Crippen LogP contribution in [0.3, 0.4) is 0 Å². The number of anilines is 1. The van der Waals surface area contributed by atoms with Gasteiger partial charge in [0.25, 0.3) is 0 Å². The van der Waals surface area contributed by atoms with Crippen molar-refractivity contribution in [1.29, 1.82) is 0 Å². The average molecular weight is 311 g/mol. The summed E-state index contributed by atoms with van der Waals surface area (Å²) < 4.78 is 5.28. The minimum absolute atomic E-state index is 0.198. The Morgan fingerprint density at radius 1 is 1.48 bits per heavy atom. The number of nitrogens with two attached hydrogens (primary N) is 1. The van der Waals surface area contributed by atoms with Crippen LogP contribution in [0.4, 0.5) is 5.69 Å².